The van der Waals surface area contributed by atoms with Crippen LogP contribution in [0.4, 0.5) is 0 Å². The molecule has 0 radical (unpaired) electrons. The number of fused-ring (bicyclic) bond motifs is 1. The largest absolute Gasteiger partial charge is 0.329 e. The average Bonchev–Trinajstić information content (AvgIpc) is 2.49. The maximum absolute atomic E-state index is 6.21. The van der Waals surface area contributed by atoms with Crippen LogP contribution in [0.5, 0.6) is 0 Å². The van der Waals surface area contributed by atoms with E-state index in [1.54, 1.807) is 12.4 Å². The van der Waals surface area contributed by atoms with Gasteiger partial charge in [0.25, 0.3) is 0 Å². The Morgan fingerprint density at radius 1 is 1.30 bits per heavy atom. The van der Waals surface area contributed by atoms with Crippen molar-refractivity contribution in [2.24, 2.45) is 5.73 Å². The van der Waals surface area contributed by atoms with E-state index in [0.717, 1.165) is 30.1 Å². The molecule has 0 saturated heterocycles. The lowest BCUT2D eigenvalue weighted by Gasteiger charge is -2.36. The normalized spacial score (nSPS) is 18.8. The minimum absolute atomic E-state index is 0.268. The summed E-state index contributed by atoms with van der Waals surface area (Å²) in [5, 5.41) is 0.724. The van der Waals surface area contributed by atoms with E-state index in [-0.39, 0.29) is 6.04 Å². The third-order valence-electron chi connectivity index (χ3n) is 3.98. The molecule has 1 atom stereocenters. The van der Waals surface area contributed by atoms with E-state index >= 15 is 0 Å². The number of nitrogens with zero attached hydrogens (tertiary/aromatic N) is 2. The first-order valence-corrected chi connectivity index (χ1v) is 7.27. The van der Waals surface area contributed by atoms with Gasteiger partial charge in [-0.25, -0.2) is 0 Å². The van der Waals surface area contributed by atoms with Crippen LogP contribution in [0.25, 0.3) is 0 Å². The van der Waals surface area contributed by atoms with Crippen molar-refractivity contribution in [2.45, 2.75) is 19.0 Å². The van der Waals surface area contributed by atoms with Gasteiger partial charge in [0.15, 0.2) is 0 Å². The molecule has 1 aromatic heterocycles. The van der Waals surface area contributed by atoms with E-state index in [1.165, 1.54) is 11.1 Å². The van der Waals surface area contributed by atoms with E-state index < -0.39 is 0 Å². The van der Waals surface area contributed by atoms with Crippen molar-refractivity contribution < 1.29 is 0 Å². The van der Waals surface area contributed by atoms with Crippen LogP contribution in [0.1, 0.15) is 22.7 Å². The molecule has 1 aliphatic heterocycles. The summed E-state index contributed by atoms with van der Waals surface area (Å²) in [6.45, 7) is 2.45. The van der Waals surface area contributed by atoms with Gasteiger partial charge in [-0.05, 0) is 29.2 Å². The van der Waals surface area contributed by atoms with Crippen molar-refractivity contribution in [3.05, 3.63) is 64.4 Å². The monoisotopic (exact) mass is 287 g/mol. The topological polar surface area (TPSA) is 42.1 Å². The van der Waals surface area contributed by atoms with E-state index in [1.807, 2.05) is 6.07 Å². The SMILES string of the molecule is NCC1c2ccccc2CCN1Cc1ccncc1Cl. The summed E-state index contributed by atoms with van der Waals surface area (Å²) in [5.74, 6) is 0. The Morgan fingerprint density at radius 3 is 2.95 bits per heavy atom. The molecule has 0 saturated carbocycles. The summed E-state index contributed by atoms with van der Waals surface area (Å²) in [6, 6.07) is 10.8. The number of halogens is 1. The van der Waals surface area contributed by atoms with Crippen molar-refractivity contribution >= 4 is 11.6 Å². The molecule has 2 aromatic rings. The molecular weight excluding hydrogens is 270 g/mol. The van der Waals surface area contributed by atoms with Gasteiger partial charge < -0.3 is 5.73 Å². The minimum Gasteiger partial charge on any atom is -0.329 e. The maximum atomic E-state index is 6.21. The fourth-order valence-electron chi connectivity index (χ4n) is 2.92. The number of pyridine rings is 1. The predicted molar refractivity (Wildman–Crippen MR) is 81.6 cm³/mol. The minimum atomic E-state index is 0.268. The van der Waals surface area contributed by atoms with E-state index in [2.05, 4.69) is 34.1 Å². The quantitative estimate of drug-likeness (QED) is 0.944. The number of benzene rings is 1. The van der Waals surface area contributed by atoms with Gasteiger partial charge in [0.1, 0.15) is 0 Å². The second kappa shape index (κ2) is 5.92. The summed E-state index contributed by atoms with van der Waals surface area (Å²) in [6.07, 6.45) is 4.55. The molecule has 2 heterocycles. The summed E-state index contributed by atoms with van der Waals surface area (Å²) in [5.41, 5.74) is 9.89. The van der Waals surface area contributed by atoms with Gasteiger partial charge in [-0.1, -0.05) is 35.9 Å². The zero-order chi connectivity index (χ0) is 13.9. The fourth-order valence-corrected chi connectivity index (χ4v) is 3.10. The molecule has 3 rings (SSSR count). The Morgan fingerprint density at radius 2 is 2.15 bits per heavy atom. The second-order valence-corrected chi connectivity index (χ2v) is 5.55. The molecule has 0 amide bonds. The third-order valence-corrected chi connectivity index (χ3v) is 4.32. The molecular formula is C16H18ClN3. The third kappa shape index (κ3) is 2.57. The lowest BCUT2D eigenvalue weighted by molar-refractivity contribution is 0.181. The number of nitrogens with two attached hydrogens (primary N) is 1. The van der Waals surface area contributed by atoms with Crippen LogP contribution in [0, 0.1) is 0 Å². The molecule has 0 spiro atoms. The summed E-state index contributed by atoms with van der Waals surface area (Å²) in [4.78, 5) is 6.44. The highest BCUT2D eigenvalue weighted by atomic mass is 35.5. The Labute approximate surface area is 124 Å². The van der Waals surface area contributed by atoms with Crippen molar-refractivity contribution in [3.8, 4) is 0 Å². The fraction of sp³-hybridized carbons (Fsp3) is 0.312. The van der Waals surface area contributed by atoms with Crippen LogP contribution in [-0.2, 0) is 13.0 Å². The van der Waals surface area contributed by atoms with Crippen LogP contribution in [0.3, 0.4) is 0 Å². The van der Waals surface area contributed by atoms with Crippen LogP contribution in [0.15, 0.2) is 42.7 Å². The van der Waals surface area contributed by atoms with Crippen LogP contribution < -0.4 is 5.73 Å². The lowest BCUT2D eigenvalue weighted by Crippen LogP contribution is -2.38. The highest BCUT2D eigenvalue weighted by Gasteiger charge is 2.26. The summed E-state index contributed by atoms with van der Waals surface area (Å²) >= 11 is 6.21. The Balaban J connectivity index is 1.87. The molecule has 2 N–H and O–H groups in total. The second-order valence-electron chi connectivity index (χ2n) is 5.14. The molecule has 0 aliphatic carbocycles. The molecule has 0 bridgehead atoms. The predicted octanol–water partition coefficient (Wildman–Crippen LogP) is 2.79. The molecule has 0 fully saturated rings. The smallest absolute Gasteiger partial charge is 0.0634 e. The Kier molecular flexibility index (Phi) is 4.01. The molecule has 104 valence electrons. The molecule has 20 heavy (non-hydrogen) atoms. The molecule has 1 unspecified atom stereocenters. The highest BCUT2D eigenvalue weighted by molar-refractivity contribution is 6.31. The zero-order valence-electron chi connectivity index (χ0n) is 11.3. The van der Waals surface area contributed by atoms with Gasteiger partial charge in [0.05, 0.1) is 5.02 Å². The van der Waals surface area contributed by atoms with Crippen molar-refractivity contribution in [3.63, 3.8) is 0 Å². The van der Waals surface area contributed by atoms with Gasteiger partial charge in [-0.2, -0.15) is 0 Å². The first-order valence-electron chi connectivity index (χ1n) is 6.90. The number of hydrogen-bond acceptors (Lipinski definition) is 3. The first kappa shape index (κ1) is 13.6. The Hall–Kier alpha value is -1.42. The molecule has 1 aliphatic rings. The number of aromatic nitrogens is 1. The van der Waals surface area contributed by atoms with Gasteiger partial charge in [-0.3, -0.25) is 9.88 Å². The molecule has 3 nitrogen and oxygen atoms in total. The van der Waals surface area contributed by atoms with Crippen LogP contribution >= 0.6 is 11.6 Å². The molecule has 4 heteroatoms. The first-order chi connectivity index (χ1) is 9.79. The molecule has 1 aromatic carbocycles. The summed E-state index contributed by atoms with van der Waals surface area (Å²) < 4.78 is 0. The average molecular weight is 288 g/mol. The van der Waals surface area contributed by atoms with Gasteiger partial charge in [0, 0.05) is 38.1 Å². The maximum Gasteiger partial charge on any atom is 0.0634 e. The zero-order valence-corrected chi connectivity index (χ0v) is 12.1. The van der Waals surface area contributed by atoms with Crippen LogP contribution in [-0.4, -0.2) is 23.0 Å². The van der Waals surface area contributed by atoms with Gasteiger partial charge in [0.2, 0.25) is 0 Å². The standard InChI is InChI=1S/C16H18ClN3/c17-15-10-19-7-5-13(15)11-20-8-6-12-3-1-2-4-14(12)16(20)9-18/h1-5,7,10,16H,6,8-9,11,18H2. The van der Waals surface area contributed by atoms with Crippen LogP contribution in [0.2, 0.25) is 5.02 Å². The highest BCUT2D eigenvalue weighted by Crippen LogP contribution is 2.30. The number of rotatable bonds is 3. The van der Waals surface area contributed by atoms with Crippen molar-refractivity contribution in [1.82, 2.24) is 9.88 Å². The van der Waals surface area contributed by atoms with Gasteiger partial charge >= 0.3 is 0 Å². The number of hydrogen-bond donors (Lipinski definition) is 1. The lowest BCUT2D eigenvalue weighted by atomic mass is 9.92. The van der Waals surface area contributed by atoms with E-state index in [9.17, 15) is 0 Å². The van der Waals surface area contributed by atoms with Crippen molar-refractivity contribution in [1.29, 1.82) is 0 Å². The van der Waals surface area contributed by atoms with E-state index in [4.69, 9.17) is 17.3 Å². The van der Waals surface area contributed by atoms with Crippen molar-refractivity contribution in [2.75, 3.05) is 13.1 Å². The van der Waals surface area contributed by atoms with E-state index in [0.29, 0.717) is 6.54 Å². The summed E-state index contributed by atoms with van der Waals surface area (Å²) in [7, 11) is 0. The Bertz CT molecular complexity index is 600. The van der Waals surface area contributed by atoms with Gasteiger partial charge in [-0.15, -0.1) is 0 Å².